The summed E-state index contributed by atoms with van der Waals surface area (Å²) in [5.74, 6) is 0.974. The molecule has 0 amide bonds. The van der Waals surface area contributed by atoms with Crippen molar-refractivity contribution in [1.82, 2.24) is 14.7 Å². The Bertz CT molecular complexity index is 1010. The number of aryl methyl sites for hydroxylation is 2. The second-order valence-electron chi connectivity index (χ2n) is 7.94. The summed E-state index contributed by atoms with van der Waals surface area (Å²) in [6, 6.07) is 16.2. The van der Waals surface area contributed by atoms with Gasteiger partial charge >= 0.3 is 0 Å². The van der Waals surface area contributed by atoms with Crippen LogP contribution in [0.15, 0.2) is 61.2 Å². The van der Waals surface area contributed by atoms with E-state index in [2.05, 4.69) is 61.5 Å². The van der Waals surface area contributed by atoms with Crippen molar-refractivity contribution in [3.8, 4) is 0 Å². The molecular formula is C25H30Cl2N4. The predicted molar refractivity (Wildman–Crippen MR) is 132 cm³/mol. The highest BCUT2D eigenvalue weighted by molar-refractivity contribution is 6.30. The van der Waals surface area contributed by atoms with Gasteiger partial charge in [-0.05, 0) is 54.8 Å². The number of nitrogens with zero attached hydrogens (tertiary/aromatic N) is 4. The van der Waals surface area contributed by atoms with Gasteiger partial charge in [0.25, 0.3) is 0 Å². The smallest absolute Gasteiger partial charge is 0.150 e. The molecule has 3 rings (SSSR count). The molecule has 2 aromatic carbocycles. The summed E-state index contributed by atoms with van der Waals surface area (Å²) < 4.78 is 2.04. The first-order valence-corrected chi connectivity index (χ1v) is 11.2. The van der Waals surface area contributed by atoms with Crippen molar-refractivity contribution in [3.05, 3.63) is 93.6 Å². The summed E-state index contributed by atoms with van der Waals surface area (Å²) in [5, 5.41) is 6.36. The van der Waals surface area contributed by atoms with Gasteiger partial charge < -0.3 is 4.90 Å². The fourth-order valence-corrected chi connectivity index (χ4v) is 3.80. The minimum absolute atomic E-state index is 0.714. The highest BCUT2D eigenvalue weighted by Crippen LogP contribution is 2.19. The van der Waals surface area contributed by atoms with E-state index in [4.69, 9.17) is 28.3 Å². The molecule has 3 aromatic rings. The van der Waals surface area contributed by atoms with E-state index in [-0.39, 0.29) is 0 Å². The van der Waals surface area contributed by atoms with Crippen LogP contribution in [-0.4, -0.2) is 41.4 Å². The zero-order valence-corrected chi connectivity index (χ0v) is 20.0. The van der Waals surface area contributed by atoms with Crippen molar-refractivity contribution in [1.29, 1.82) is 0 Å². The van der Waals surface area contributed by atoms with E-state index in [0.29, 0.717) is 6.54 Å². The Morgan fingerprint density at radius 3 is 2.42 bits per heavy atom. The van der Waals surface area contributed by atoms with E-state index >= 15 is 0 Å². The number of hydrogen-bond donors (Lipinski definition) is 0. The van der Waals surface area contributed by atoms with Gasteiger partial charge in [-0.15, -0.1) is 6.58 Å². The molecule has 0 aliphatic carbocycles. The minimum atomic E-state index is 0.714. The number of halogens is 2. The number of rotatable bonds is 10. The second-order valence-corrected chi connectivity index (χ2v) is 8.82. The number of hydrogen-bond acceptors (Lipinski definition) is 3. The molecule has 6 heteroatoms. The molecule has 1 aromatic heterocycles. The molecule has 0 atom stereocenters. The third-order valence-corrected chi connectivity index (χ3v) is 5.94. The fraction of sp³-hybridized carbons (Fsp3) is 0.320. The minimum Gasteiger partial charge on any atom is -0.357 e. The Morgan fingerprint density at radius 1 is 1.00 bits per heavy atom. The topological polar surface area (TPSA) is 24.3 Å². The molecule has 164 valence electrons. The molecule has 0 saturated carbocycles. The molecule has 1 heterocycles. The van der Waals surface area contributed by atoms with Crippen LogP contribution in [0.1, 0.15) is 22.4 Å². The van der Waals surface area contributed by atoms with Crippen molar-refractivity contribution < 1.29 is 0 Å². The zero-order chi connectivity index (χ0) is 22.4. The molecule has 0 fully saturated rings. The molecule has 4 nitrogen and oxygen atoms in total. The van der Waals surface area contributed by atoms with Gasteiger partial charge in [0.05, 0.1) is 6.54 Å². The molecule has 0 unspecified atom stereocenters. The third kappa shape index (κ3) is 6.60. The summed E-state index contributed by atoms with van der Waals surface area (Å²) >= 11 is 12.2. The van der Waals surface area contributed by atoms with Crippen LogP contribution >= 0.6 is 23.2 Å². The fourth-order valence-electron chi connectivity index (χ4n) is 3.48. The molecule has 0 radical (unpaired) electrons. The molecule has 0 aliphatic rings. The van der Waals surface area contributed by atoms with E-state index in [1.165, 1.54) is 16.7 Å². The lowest BCUT2D eigenvalue weighted by molar-refractivity contribution is 0.301. The SMILES string of the molecule is C=CCN(CCN(C)c1cc(C)n(Cc2cc(Cl)ccc2C)n1)Cc1ccc(Cl)cc1. The van der Waals surface area contributed by atoms with Crippen molar-refractivity contribution >= 4 is 29.0 Å². The van der Waals surface area contributed by atoms with Gasteiger partial charge in [-0.3, -0.25) is 9.58 Å². The van der Waals surface area contributed by atoms with Gasteiger partial charge in [0.15, 0.2) is 5.82 Å². The molecule has 31 heavy (non-hydrogen) atoms. The Kier molecular flexibility index (Phi) is 8.19. The van der Waals surface area contributed by atoms with Gasteiger partial charge in [-0.25, -0.2) is 0 Å². The van der Waals surface area contributed by atoms with Crippen molar-refractivity contribution in [2.24, 2.45) is 0 Å². The molecule has 0 bridgehead atoms. The van der Waals surface area contributed by atoms with Gasteiger partial charge in [-0.1, -0.05) is 47.5 Å². The highest BCUT2D eigenvalue weighted by atomic mass is 35.5. The summed E-state index contributed by atoms with van der Waals surface area (Å²) in [6.07, 6.45) is 1.95. The molecule has 0 aliphatic heterocycles. The van der Waals surface area contributed by atoms with Gasteiger partial charge in [0.1, 0.15) is 0 Å². The van der Waals surface area contributed by atoms with E-state index < -0.39 is 0 Å². The molecular weight excluding hydrogens is 427 g/mol. The maximum atomic E-state index is 6.18. The predicted octanol–water partition coefficient (Wildman–Crippen LogP) is 5.98. The van der Waals surface area contributed by atoms with Gasteiger partial charge in [-0.2, -0.15) is 5.10 Å². The third-order valence-electron chi connectivity index (χ3n) is 5.45. The summed E-state index contributed by atoms with van der Waals surface area (Å²) in [6.45, 7) is 12.3. The van der Waals surface area contributed by atoms with Gasteiger partial charge in [0.2, 0.25) is 0 Å². The number of anilines is 1. The monoisotopic (exact) mass is 456 g/mol. The Labute approximate surface area is 195 Å². The second kappa shape index (κ2) is 10.9. The standard InChI is InChI=1S/C25H30Cl2N4/c1-5-12-30(17-21-7-10-23(26)11-8-21)14-13-29(4)25-15-20(3)31(28-25)18-22-16-24(27)9-6-19(22)2/h5-11,15-16H,1,12-14,17-18H2,2-4H3. The Morgan fingerprint density at radius 2 is 1.71 bits per heavy atom. The molecule has 0 N–H and O–H groups in total. The first-order valence-electron chi connectivity index (χ1n) is 10.4. The number of aromatic nitrogens is 2. The Balaban J connectivity index is 1.63. The first-order chi connectivity index (χ1) is 14.9. The van der Waals surface area contributed by atoms with E-state index in [1.54, 1.807) is 0 Å². The lowest BCUT2D eigenvalue weighted by Crippen LogP contribution is -2.33. The largest absolute Gasteiger partial charge is 0.357 e. The number of likely N-dealkylation sites (N-methyl/N-ethyl adjacent to an activating group) is 1. The van der Waals surface area contributed by atoms with Gasteiger partial charge in [0, 0.05) is 55.0 Å². The maximum absolute atomic E-state index is 6.18. The normalized spacial score (nSPS) is 11.2. The van der Waals surface area contributed by atoms with E-state index in [9.17, 15) is 0 Å². The zero-order valence-electron chi connectivity index (χ0n) is 18.5. The Hall–Kier alpha value is -2.27. The maximum Gasteiger partial charge on any atom is 0.150 e. The summed E-state index contributed by atoms with van der Waals surface area (Å²) in [7, 11) is 2.09. The summed E-state index contributed by atoms with van der Waals surface area (Å²) in [4.78, 5) is 4.57. The average molecular weight is 457 g/mol. The van der Waals surface area contributed by atoms with Crippen LogP contribution in [0.3, 0.4) is 0 Å². The van der Waals surface area contributed by atoms with Crippen LogP contribution in [-0.2, 0) is 13.1 Å². The average Bonchev–Trinajstić information content (AvgIpc) is 3.11. The van der Waals surface area contributed by atoms with Crippen LogP contribution in [0.25, 0.3) is 0 Å². The van der Waals surface area contributed by atoms with Crippen molar-refractivity contribution in [3.63, 3.8) is 0 Å². The van der Waals surface area contributed by atoms with Crippen LogP contribution in [0.5, 0.6) is 0 Å². The lowest BCUT2D eigenvalue weighted by atomic mass is 10.1. The van der Waals surface area contributed by atoms with Crippen LogP contribution in [0.2, 0.25) is 10.0 Å². The van der Waals surface area contributed by atoms with Crippen LogP contribution < -0.4 is 4.90 Å². The van der Waals surface area contributed by atoms with Crippen LogP contribution in [0, 0.1) is 13.8 Å². The summed E-state index contributed by atoms with van der Waals surface area (Å²) in [5.41, 5.74) is 4.78. The van der Waals surface area contributed by atoms with Crippen LogP contribution in [0.4, 0.5) is 5.82 Å². The molecule has 0 saturated heterocycles. The van der Waals surface area contributed by atoms with E-state index in [0.717, 1.165) is 47.7 Å². The highest BCUT2D eigenvalue weighted by Gasteiger charge is 2.12. The first kappa shape index (κ1) is 23.4. The van der Waals surface area contributed by atoms with Crippen molar-refractivity contribution in [2.75, 3.05) is 31.6 Å². The number of benzene rings is 2. The lowest BCUT2D eigenvalue weighted by Gasteiger charge is -2.24. The van der Waals surface area contributed by atoms with E-state index in [1.807, 2.05) is 35.0 Å². The molecule has 0 spiro atoms. The quantitative estimate of drug-likeness (QED) is 0.350. The van der Waals surface area contributed by atoms with Crippen molar-refractivity contribution in [2.45, 2.75) is 26.9 Å².